The molecule has 0 unspecified atom stereocenters. The zero-order chi connectivity index (χ0) is 19.9. The molecule has 0 N–H and O–H groups in total. The van der Waals surface area contributed by atoms with Gasteiger partial charge >= 0.3 is 0 Å². The van der Waals surface area contributed by atoms with Gasteiger partial charge in [-0.25, -0.2) is 0 Å². The summed E-state index contributed by atoms with van der Waals surface area (Å²) in [6.45, 7) is 4.51. The fraction of sp³-hybridized carbons (Fsp3) is 0.476. The molecule has 1 aromatic carbocycles. The lowest BCUT2D eigenvalue weighted by Gasteiger charge is -2.27. The normalized spacial score (nSPS) is 14.5. The fourth-order valence-electron chi connectivity index (χ4n) is 3.57. The van der Waals surface area contributed by atoms with Crippen molar-refractivity contribution in [3.63, 3.8) is 0 Å². The highest BCUT2D eigenvalue weighted by Gasteiger charge is 2.26. The molecule has 1 aromatic heterocycles. The van der Waals surface area contributed by atoms with Crippen LogP contribution >= 0.6 is 0 Å². The molecular formula is C21H27N3O4. The minimum atomic E-state index is 0.0851. The number of hydrogen-bond donors (Lipinski definition) is 0. The van der Waals surface area contributed by atoms with Gasteiger partial charge in [0.25, 0.3) is 0 Å². The van der Waals surface area contributed by atoms with Gasteiger partial charge in [0.05, 0.1) is 14.2 Å². The maximum Gasteiger partial charge on any atom is 0.246 e. The molecule has 0 spiro atoms. The highest BCUT2D eigenvalue weighted by molar-refractivity contribution is 5.79. The summed E-state index contributed by atoms with van der Waals surface area (Å²) in [6, 6.07) is 5.42. The summed E-state index contributed by atoms with van der Waals surface area (Å²) in [5.41, 5.74) is 0.751. The van der Waals surface area contributed by atoms with Crippen molar-refractivity contribution < 1.29 is 18.8 Å². The smallest absolute Gasteiger partial charge is 0.246 e. The van der Waals surface area contributed by atoms with Crippen molar-refractivity contribution in [3.8, 4) is 22.9 Å². The lowest BCUT2D eigenvalue weighted by Crippen LogP contribution is -2.36. The average molecular weight is 385 g/mol. The van der Waals surface area contributed by atoms with Crippen LogP contribution in [0.25, 0.3) is 11.4 Å². The van der Waals surface area contributed by atoms with Crippen LogP contribution in [-0.4, -0.2) is 41.7 Å². The van der Waals surface area contributed by atoms with Crippen LogP contribution < -0.4 is 9.47 Å². The molecule has 1 fully saturated rings. The van der Waals surface area contributed by atoms with E-state index < -0.39 is 0 Å². The zero-order valence-corrected chi connectivity index (χ0v) is 16.5. The summed E-state index contributed by atoms with van der Waals surface area (Å²) >= 11 is 0. The van der Waals surface area contributed by atoms with E-state index in [4.69, 9.17) is 14.0 Å². The largest absolute Gasteiger partial charge is 0.493 e. The first-order valence-electron chi connectivity index (χ1n) is 9.61. The molecule has 28 heavy (non-hydrogen) atoms. The van der Waals surface area contributed by atoms with Crippen LogP contribution in [0.5, 0.6) is 11.5 Å². The van der Waals surface area contributed by atoms with Crippen molar-refractivity contribution in [1.82, 2.24) is 15.0 Å². The molecule has 1 amide bonds. The Morgan fingerprint density at radius 2 is 2.00 bits per heavy atom. The number of methoxy groups -OCH3 is 2. The maximum atomic E-state index is 12.9. The van der Waals surface area contributed by atoms with Crippen LogP contribution in [0.15, 0.2) is 35.4 Å². The SMILES string of the molecule is C=CCN(Cc1nc(-c2ccc(OC)c(OC)c2)no1)C(=O)C1CCCCC1. The van der Waals surface area contributed by atoms with Crippen molar-refractivity contribution in [1.29, 1.82) is 0 Å². The van der Waals surface area contributed by atoms with Gasteiger partial charge in [-0.1, -0.05) is 30.5 Å². The number of amides is 1. The van der Waals surface area contributed by atoms with Crippen molar-refractivity contribution in [2.24, 2.45) is 5.92 Å². The van der Waals surface area contributed by atoms with E-state index in [-0.39, 0.29) is 18.4 Å². The summed E-state index contributed by atoms with van der Waals surface area (Å²) in [6.07, 6.45) is 7.07. The Hall–Kier alpha value is -2.83. The van der Waals surface area contributed by atoms with Crippen LogP contribution in [0.4, 0.5) is 0 Å². The minimum absolute atomic E-state index is 0.0851. The topological polar surface area (TPSA) is 77.7 Å². The number of ether oxygens (including phenoxy) is 2. The summed E-state index contributed by atoms with van der Waals surface area (Å²) in [7, 11) is 3.16. The third kappa shape index (κ3) is 4.52. The molecule has 0 bridgehead atoms. The molecule has 0 aliphatic heterocycles. The van der Waals surface area contributed by atoms with E-state index in [1.165, 1.54) is 6.42 Å². The fourth-order valence-corrected chi connectivity index (χ4v) is 3.57. The summed E-state index contributed by atoms with van der Waals surface area (Å²) < 4.78 is 16.0. The van der Waals surface area contributed by atoms with Gasteiger partial charge in [0.2, 0.25) is 17.6 Å². The van der Waals surface area contributed by atoms with Gasteiger partial charge in [0.15, 0.2) is 11.5 Å². The maximum absolute atomic E-state index is 12.9. The van der Waals surface area contributed by atoms with Gasteiger partial charge in [0.1, 0.15) is 6.54 Å². The molecule has 2 aromatic rings. The summed E-state index contributed by atoms with van der Waals surface area (Å²) in [5.74, 6) is 2.29. The van der Waals surface area contributed by atoms with Gasteiger partial charge in [0, 0.05) is 18.0 Å². The Kier molecular flexibility index (Phi) is 6.68. The van der Waals surface area contributed by atoms with Crippen molar-refractivity contribution in [2.45, 2.75) is 38.6 Å². The first-order valence-corrected chi connectivity index (χ1v) is 9.61. The Bertz CT molecular complexity index is 812. The van der Waals surface area contributed by atoms with Crippen LogP contribution in [-0.2, 0) is 11.3 Å². The highest BCUT2D eigenvalue weighted by atomic mass is 16.5. The van der Waals surface area contributed by atoms with E-state index in [0.717, 1.165) is 31.2 Å². The standard InChI is InChI=1S/C21H27N3O4/c1-4-12-24(21(25)15-8-6-5-7-9-15)14-19-22-20(23-28-19)16-10-11-17(26-2)18(13-16)27-3/h4,10-11,13,15H,1,5-9,12,14H2,2-3H3. The summed E-state index contributed by atoms with van der Waals surface area (Å²) in [4.78, 5) is 19.1. The Balaban J connectivity index is 1.74. The lowest BCUT2D eigenvalue weighted by molar-refractivity contribution is -0.137. The molecule has 0 saturated heterocycles. The first-order chi connectivity index (χ1) is 13.7. The molecule has 0 radical (unpaired) electrons. The van der Waals surface area contributed by atoms with Crippen molar-refractivity contribution in [3.05, 3.63) is 36.7 Å². The number of nitrogens with zero attached hydrogens (tertiary/aromatic N) is 3. The van der Waals surface area contributed by atoms with E-state index in [9.17, 15) is 4.79 Å². The zero-order valence-electron chi connectivity index (χ0n) is 16.5. The quantitative estimate of drug-likeness (QED) is 0.643. The number of hydrogen-bond acceptors (Lipinski definition) is 6. The van der Waals surface area contributed by atoms with Crippen LogP contribution in [0, 0.1) is 5.92 Å². The Morgan fingerprint density at radius 3 is 2.68 bits per heavy atom. The van der Waals surface area contributed by atoms with Crippen molar-refractivity contribution in [2.75, 3.05) is 20.8 Å². The molecule has 1 aliphatic rings. The number of carbonyl (C=O) groups is 1. The molecule has 0 atom stereocenters. The first kappa shape index (κ1) is 19.9. The highest BCUT2D eigenvalue weighted by Crippen LogP contribution is 2.31. The van der Waals surface area contributed by atoms with E-state index >= 15 is 0 Å². The molecule has 3 rings (SSSR count). The molecular weight excluding hydrogens is 358 g/mol. The van der Waals surface area contributed by atoms with Gasteiger partial charge in [-0.05, 0) is 31.0 Å². The number of aromatic nitrogens is 2. The molecule has 1 aliphatic carbocycles. The average Bonchev–Trinajstić information content (AvgIpc) is 3.21. The van der Waals surface area contributed by atoms with Crippen molar-refractivity contribution >= 4 is 5.91 Å². The Labute approximate surface area is 165 Å². The number of rotatable bonds is 8. The predicted molar refractivity (Wildman–Crippen MR) is 105 cm³/mol. The number of carbonyl (C=O) groups excluding carboxylic acids is 1. The second-order valence-corrected chi connectivity index (χ2v) is 6.92. The second-order valence-electron chi connectivity index (χ2n) is 6.92. The van der Waals surface area contributed by atoms with Gasteiger partial charge in [-0.15, -0.1) is 6.58 Å². The van der Waals surface area contributed by atoms with Crippen LogP contribution in [0.3, 0.4) is 0 Å². The molecule has 150 valence electrons. The molecule has 1 heterocycles. The summed E-state index contributed by atoms with van der Waals surface area (Å²) in [5, 5.41) is 4.06. The minimum Gasteiger partial charge on any atom is -0.493 e. The molecule has 7 heteroatoms. The van der Waals surface area contributed by atoms with E-state index in [2.05, 4.69) is 16.7 Å². The predicted octanol–water partition coefficient (Wildman–Crippen LogP) is 3.85. The van der Waals surface area contributed by atoms with Gasteiger partial charge < -0.3 is 18.9 Å². The third-order valence-electron chi connectivity index (χ3n) is 5.05. The lowest BCUT2D eigenvalue weighted by atomic mass is 9.88. The molecule has 1 saturated carbocycles. The van der Waals surface area contributed by atoms with E-state index in [1.54, 1.807) is 37.3 Å². The third-order valence-corrected chi connectivity index (χ3v) is 5.05. The van der Waals surface area contributed by atoms with Crippen LogP contribution in [0.2, 0.25) is 0 Å². The van der Waals surface area contributed by atoms with E-state index in [1.807, 2.05) is 6.07 Å². The van der Waals surface area contributed by atoms with Crippen LogP contribution in [0.1, 0.15) is 38.0 Å². The molecule has 7 nitrogen and oxygen atoms in total. The monoisotopic (exact) mass is 385 g/mol. The van der Waals surface area contributed by atoms with Gasteiger partial charge in [-0.2, -0.15) is 4.98 Å². The second kappa shape index (κ2) is 9.39. The Morgan fingerprint density at radius 1 is 1.25 bits per heavy atom. The van der Waals surface area contributed by atoms with E-state index in [0.29, 0.717) is 29.8 Å². The number of benzene rings is 1. The van der Waals surface area contributed by atoms with Gasteiger partial charge in [-0.3, -0.25) is 4.79 Å².